The zero-order chi connectivity index (χ0) is 27.7. The first-order valence-electron chi connectivity index (χ1n) is 12.2. The summed E-state index contributed by atoms with van der Waals surface area (Å²) in [5.41, 5.74) is -0.260. The minimum absolute atomic E-state index is 0.166. The van der Waals surface area contributed by atoms with Gasteiger partial charge in [-0.2, -0.15) is 13.2 Å². The molecule has 10 nitrogen and oxygen atoms in total. The number of carbonyl (C=O) groups is 2. The van der Waals surface area contributed by atoms with Crippen molar-refractivity contribution in [2.75, 3.05) is 31.1 Å². The molecule has 1 atom stereocenters. The topological polar surface area (TPSA) is 105 Å². The molecule has 0 spiro atoms. The summed E-state index contributed by atoms with van der Waals surface area (Å²) < 4.78 is 45.6. The highest BCUT2D eigenvalue weighted by molar-refractivity contribution is 6.06. The molecule has 1 fully saturated rings. The number of alkyl carbamates (subject to hydrolysis) is 1. The Morgan fingerprint density at radius 2 is 1.74 bits per heavy atom. The van der Waals surface area contributed by atoms with Gasteiger partial charge in [-0.05, 0) is 33.8 Å². The number of alkyl halides is 3. The molecule has 1 aliphatic heterocycles. The van der Waals surface area contributed by atoms with Crippen LogP contribution in [0.15, 0.2) is 37.1 Å². The molecule has 1 unspecified atom stereocenters. The first-order valence-corrected chi connectivity index (χ1v) is 12.2. The molecule has 38 heavy (non-hydrogen) atoms. The highest BCUT2D eigenvalue weighted by Crippen LogP contribution is 2.29. The number of aromatic nitrogens is 4. The highest BCUT2D eigenvalue weighted by atomic mass is 19.4. The standard InChI is InChI=1S/C25H30F3N7O3/c1-16(32-23(37)38-24(2,3)4)14-35-15-19(18-5-6-29-13-20(18)35)21(36)33-7-9-34(10-8-33)22-30-11-17(12-31-22)25(26,27)28/h5-6,11-13,15-16H,7-10,14H2,1-4H3,(H,32,37). The lowest BCUT2D eigenvalue weighted by molar-refractivity contribution is -0.138. The van der Waals surface area contributed by atoms with E-state index in [1.165, 1.54) is 0 Å². The summed E-state index contributed by atoms with van der Waals surface area (Å²) in [5, 5.41) is 3.54. The van der Waals surface area contributed by atoms with E-state index in [1.54, 1.807) is 55.2 Å². The van der Waals surface area contributed by atoms with Crippen LogP contribution < -0.4 is 10.2 Å². The fourth-order valence-corrected chi connectivity index (χ4v) is 4.22. The maximum absolute atomic E-state index is 13.5. The van der Waals surface area contributed by atoms with Gasteiger partial charge in [0.2, 0.25) is 5.95 Å². The summed E-state index contributed by atoms with van der Waals surface area (Å²) >= 11 is 0. The second-order valence-electron chi connectivity index (χ2n) is 10.2. The van der Waals surface area contributed by atoms with Crippen molar-refractivity contribution in [3.05, 3.63) is 48.2 Å². The number of hydrogen-bond donors (Lipinski definition) is 1. The lowest BCUT2D eigenvalue weighted by atomic mass is 10.1. The molecule has 2 amide bonds. The Balaban J connectivity index is 1.43. The van der Waals surface area contributed by atoms with Crippen molar-refractivity contribution >= 4 is 28.9 Å². The van der Waals surface area contributed by atoms with Crippen LogP contribution >= 0.6 is 0 Å². The second-order valence-corrected chi connectivity index (χ2v) is 10.2. The quantitative estimate of drug-likeness (QED) is 0.533. The van der Waals surface area contributed by atoms with E-state index in [0.717, 1.165) is 23.3 Å². The van der Waals surface area contributed by atoms with Crippen LogP contribution in [0.1, 0.15) is 43.6 Å². The largest absolute Gasteiger partial charge is 0.444 e. The lowest BCUT2D eigenvalue weighted by Crippen LogP contribution is -2.49. The van der Waals surface area contributed by atoms with Crippen molar-refractivity contribution in [3.8, 4) is 0 Å². The number of amides is 2. The SMILES string of the molecule is CC(Cn1cc(C(=O)N2CCN(c3ncc(C(F)(F)F)cn3)CC2)c2ccncc21)NC(=O)OC(C)(C)C. The van der Waals surface area contributed by atoms with Gasteiger partial charge in [0.15, 0.2) is 0 Å². The number of anilines is 1. The Hall–Kier alpha value is -3.90. The number of halogens is 3. The van der Waals surface area contributed by atoms with Crippen LogP contribution in [0.5, 0.6) is 0 Å². The highest BCUT2D eigenvalue weighted by Gasteiger charge is 2.32. The van der Waals surface area contributed by atoms with Crippen LogP contribution in [0.4, 0.5) is 23.9 Å². The van der Waals surface area contributed by atoms with Gasteiger partial charge in [0.05, 0.1) is 22.8 Å². The van der Waals surface area contributed by atoms with Crippen LogP contribution in [0.3, 0.4) is 0 Å². The average Bonchev–Trinajstić information content (AvgIpc) is 3.20. The van der Waals surface area contributed by atoms with Crippen LogP contribution in [0.2, 0.25) is 0 Å². The number of fused-ring (bicyclic) bond motifs is 1. The lowest BCUT2D eigenvalue weighted by Gasteiger charge is -2.34. The van der Waals surface area contributed by atoms with Gasteiger partial charge in [-0.3, -0.25) is 9.78 Å². The molecule has 4 rings (SSSR count). The number of ether oxygens (including phenoxy) is 1. The maximum atomic E-state index is 13.5. The van der Waals surface area contributed by atoms with Gasteiger partial charge in [0, 0.05) is 68.9 Å². The molecule has 3 aromatic heterocycles. The van der Waals surface area contributed by atoms with Gasteiger partial charge in [0.25, 0.3) is 5.91 Å². The van der Waals surface area contributed by atoms with E-state index in [4.69, 9.17) is 4.74 Å². The first-order chi connectivity index (χ1) is 17.8. The monoisotopic (exact) mass is 533 g/mol. The van der Waals surface area contributed by atoms with Crippen LogP contribution in [-0.2, 0) is 17.5 Å². The smallest absolute Gasteiger partial charge is 0.419 e. The van der Waals surface area contributed by atoms with E-state index >= 15 is 0 Å². The normalized spacial score (nSPS) is 15.4. The molecule has 1 saturated heterocycles. The van der Waals surface area contributed by atoms with Gasteiger partial charge in [-0.1, -0.05) is 0 Å². The number of piperazine rings is 1. The molecular formula is C25H30F3N7O3. The molecule has 1 N–H and O–H groups in total. The van der Waals surface area contributed by atoms with Crippen LogP contribution in [-0.4, -0.2) is 74.2 Å². The molecule has 4 heterocycles. The van der Waals surface area contributed by atoms with Gasteiger partial charge in [-0.25, -0.2) is 14.8 Å². The third-order valence-electron chi connectivity index (χ3n) is 5.96. The van der Waals surface area contributed by atoms with Crippen molar-refractivity contribution in [1.29, 1.82) is 0 Å². The summed E-state index contributed by atoms with van der Waals surface area (Å²) in [6.07, 6.45) is 1.56. The van der Waals surface area contributed by atoms with E-state index in [2.05, 4.69) is 20.3 Å². The molecule has 0 aliphatic carbocycles. The number of rotatable bonds is 5. The zero-order valence-corrected chi connectivity index (χ0v) is 21.6. The molecule has 0 aromatic carbocycles. The predicted molar refractivity (Wildman–Crippen MR) is 134 cm³/mol. The maximum Gasteiger partial charge on any atom is 0.419 e. The van der Waals surface area contributed by atoms with Gasteiger partial charge < -0.3 is 24.4 Å². The minimum Gasteiger partial charge on any atom is -0.444 e. The number of hydrogen-bond acceptors (Lipinski definition) is 7. The zero-order valence-electron chi connectivity index (χ0n) is 21.6. The summed E-state index contributed by atoms with van der Waals surface area (Å²) in [7, 11) is 0. The third kappa shape index (κ3) is 6.32. The number of pyridine rings is 1. The Morgan fingerprint density at radius 1 is 1.08 bits per heavy atom. The fraction of sp³-hybridized carbons (Fsp3) is 0.480. The third-order valence-corrected chi connectivity index (χ3v) is 5.96. The van der Waals surface area contributed by atoms with Gasteiger partial charge in [0.1, 0.15) is 5.60 Å². The number of nitrogens with zero attached hydrogens (tertiary/aromatic N) is 6. The molecule has 0 bridgehead atoms. The molecule has 1 aliphatic rings. The summed E-state index contributed by atoms with van der Waals surface area (Å²) in [6.45, 7) is 9.09. The molecule has 204 valence electrons. The molecule has 3 aromatic rings. The summed E-state index contributed by atoms with van der Waals surface area (Å²) in [6, 6.07) is 1.49. The van der Waals surface area contributed by atoms with Crippen LogP contribution in [0.25, 0.3) is 10.9 Å². The van der Waals surface area contributed by atoms with Crippen molar-refractivity contribution in [2.45, 2.75) is 52.1 Å². The van der Waals surface area contributed by atoms with Crippen molar-refractivity contribution in [1.82, 2.24) is 29.7 Å². The Kier molecular flexibility index (Phi) is 7.47. The van der Waals surface area contributed by atoms with E-state index in [9.17, 15) is 22.8 Å². The van der Waals surface area contributed by atoms with Crippen molar-refractivity contribution < 1.29 is 27.5 Å². The summed E-state index contributed by atoms with van der Waals surface area (Å²) in [5.74, 6) is 0.0277. The fourth-order valence-electron chi connectivity index (χ4n) is 4.22. The number of carbonyl (C=O) groups excluding carboxylic acids is 2. The molecular weight excluding hydrogens is 503 g/mol. The minimum atomic E-state index is -4.50. The second kappa shape index (κ2) is 10.5. The van der Waals surface area contributed by atoms with Crippen molar-refractivity contribution in [2.24, 2.45) is 0 Å². The van der Waals surface area contributed by atoms with E-state index in [0.29, 0.717) is 38.3 Å². The van der Waals surface area contributed by atoms with E-state index in [1.807, 2.05) is 11.5 Å². The Morgan fingerprint density at radius 3 is 2.34 bits per heavy atom. The van der Waals surface area contributed by atoms with E-state index in [-0.39, 0.29) is 17.9 Å². The Bertz CT molecular complexity index is 1290. The first kappa shape index (κ1) is 27.1. The van der Waals surface area contributed by atoms with E-state index < -0.39 is 23.4 Å². The Labute approximate surface area is 217 Å². The number of nitrogens with one attached hydrogen (secondary N) is 1. The van der Waals surface area contributed by atoms with Gasteiger partial charge in [-0.15, -0.1) is 0 Å². The summed E-state index contributed by atoms with van der Waals surface area (Å²) in [4.78, 5) is 41.0. The van der Waals surface area contributed by atoms with Gasteiger partial charge >= 0.3 is 12.3 Å². The molecule has 0 radical (unpaired) electrons. The molecule has 0 saturated carbocycles. The van der Waals surface area contributed by atoms with Crippen molar-refractivity contribution in [3.63, 3.8) is 0 Å². The van der Waals surface area contributed by atoms with Crippen LogP contribution in [0, 0.1) is 0 Å². The molecule has 13 heteroatoms. The predicted octanol–water partition coefficient (Wildman–Crippen LogP) is 3.72. The average molecular weight is 534 g/mol.